The maximum Gasteiger partial charge on any atom is 0.234 e. The zero-order valence-corrected chi connectivity index (χ0v) is 18.5. The first kappa shape index (κ1) is 21.1. The van der Waals surface area contributed by atoms with Crippen molar-refractivity contribution >= 4 is 17.7 Å². The van der Waals surface area contributed by atoms with Gasteiger partial charge >= 0.3 is 0 Å². The third kappa shape index (κ3) is 4.61. The predicted octanol–water partition coefficient (Wildman–Crippen LogP) is 4.97. The third-order valence-corrected chi connectivity index (χ3v) is 6.28. The van der Waals surface area contributed by atoms with Crippen LogP contribution in [-0.2, 0) is 11.3 Å². The standard InChI is InChI=1S/C24H24N2O4S/c1-16-7-12-21(25-13-16)30-18-10-8-17(9-11-18)14-26-22(27)15-31-24(26)23-19(28-2)5-4-6-20(23)29-3/h4-13,24H,14-15H2,1-3H3. The molecule has 1 atom stereocenters. The summed E-state index contributed by atoms with van der Waals surface area (Å²) in [6.45, 7) is 2.47. The number of pyridine rings is 1. The van der Waals surface area contributed by atoms with E-state index in [1.54, 1.807) is 32.2 Å². The number of rotatable bonds is 7. The first-order chi connectivity index (χ1) is 15.1. The molecule has 4 rings (SSSR count). The molecule has 3 aromatic rings. The van der Waals surface area contributed by atoms with Gasteiger partial charge in [0, 0.05) is 18.8 Å². The zero-order chi connectivity index (χ0) is 21.8. The third-order valence-electron chi connectivity index (χ3n) is 5.06. The highest BCUT2D eigenvalue weighted by molar-refractivity contribution is 8.00. The van der Waals surface area contributed by atoms with E-state index in [2.05, 4.69) is 4.98 Å². The van der Waals surface area contributed by atoms with Crippen LogP contribution >= 0.6 is 11.8 Å². The molecule has 1 saturated heterocycles. The number of amides is 1. The quantitative estimate of drug-likeness (QED) is 0.521. The van der Waals surface area contributed by atoms with Gasteiger partial charge in [-0.15, -0.1) is 11.8 Å². The average Bonchev–Trinajstić information content (AvgIpc) is 3.15. The lowest BCUT2D eigenvalue weighted by atomic mass is 10.1. The number of hydrogen-bond donors (Lipinski definition) is 0. The molecule has 0 N–H and O–H groups in total. The van der Waals surface area contributed by atoms with Crippen LogP contribution in [0.25, 0.3) is 0 Å². The molecule has 0 aliphatic carbocycles. The first-order valence-electron chi connectivity index (χ1n) is 9.90. The Morgan fingerprint density at radius 2 is 1.74 bits per heavy atom. The van der Waals surface area contributed by atoms with E-state index >= 15 is 0 Å². The largest absolute Gasteiger partial charge is 0.496 e. The molecular weight excluding hydrogens is 412 g/mol. The lowest BCUT2D eigenvalue weighted by Gasteiger charge is -2.27. The van der Waals surface area contributed by atoms with Gasteiger partial charge in [0.25, 0.3) is 0 Å². The first-order valence-corrected chi connectivity index (χ1v) is 11.0. The number of thioether (sulfide) groups is 1. The van der Waals surface area contributed by atoms with Crippen LogP contribution in [0.4, 0.5) is 0 Å². The van der Waals surface area contributed by atoms with E-state index in [-0.39, 0.29) is 11.3 Å². The van der Waals surface area contributed by atoms with Crippen LogP contribution < -0.4 is 14.2 Å². The lowest BCUT2D eigenvalue weighted by Crippen LogP contribution is -2.28. The second kappa shape index (κ2) is 9.31. The van der Waals surface area contributed by atoms with E-state index in [0.717, 1.165) is 16.7 Å². The summed E-state index contributed by atoms with van der Waals surface area (Å²) >= 11 is 1.58. The number of methoxy groups -OCH3 is 2. The summed E-state index contributed by atoms with van der Waals surface area (Å²) in [5.74, 6) is 3.19. The number of carbonyl (C=O) groups is 1. The maximum atomic E-state index is 12.7. The molecule has 7 heteroatoms. The second-order valence-corrected chi connectivity index (χ2v) is 8.25. The van der Waals surface area contributed by atoms with Crippen LogP contribution in [0.5, 0.6) is 23.1 Å². The summed E-state index contributed by atoms with van der Waals surface area (Å²) in [4.78, 5) is 18.8. The molecule has 0 spiro atoms. The number of carbonyl (C=O) groups excluding carboxylic acids is 1. The number of hydrogen-bond acceptors (Lipinski definition) is 6. The predicted molar refractivity (Wildman–Crippen MR) is 121 cm³/mol. The molecule has 1 aliphatic heterocycles. The van der Waals surface area contributed by atoms with Crippen LogP contribution in [-0.4, -0.2) is 35.8 Å². The molecule has 1 aliphatic rings. The second-order valence-electron chi connectivity index (χ2n) is 7.18. The van der Waals surface area contributed by atoms with Gasteiger partial charge in [-0.25, -0.2) is 4.98 Å². The Bertz CT molecular complexity index is 1030. The van der Waals surface area contributed by atoms with Gasteiger partial charge in [-0.3, -0.25) is 4.79 Å². The summed E-state index contributed by atoms with van der Waals surface area (Å²) in [6, 6.07) is 17.2. The average molecular weight is 437 g/mol. The molecular formula is C24H24N2O4S. The maximum absolute atomic E-state index is 12.7. The Hall–Kier alpha value is -3.19. The van der Waals surface area contributed by atoms with Crippen LogP contribution in [0, 0.1) is 6.92 Å². The van der Waals surface area contributed by atoms with Crippen molar-refractivity contribution in [2.24, 2.45) is 0 Å². The summed E-state index contributed by atoms with van der Waals surface area (Å²) in [7, 11) is 3.26. The number of ether oxygens (including phenoxy) is 3. The molecule has 1 aromatic heterocycles. The lowest BCUT2D eigenvalue weighted by molar-refractivity contribution is -0.128. The Morgan fingerprint density at radius 1 is 1.03 bits per heavy atom. The Balaban J connectivity index is 1.53. The van der Waals surface area contributed by atoms with Gasteiger partial charge in [-0.05, 0) is 42.3 Å². The topological polar surface area (TPSA) is 60.9 Å². The van der Waals surface area contributed by atoms with Crippen molar-refractivity contribution in [3.05, 3.63) is 77.5 Å². The molecule has 1 unspecified atom stereocenters. The van der Waals surface area contributed by atoms with Crippen LogP contribution in [0.2, 0.25) is 0 Å². The summed E-state index contributed by atoms with van der Waals surface area (Å²) in [5, 5.41) is -0.175. The highest BCUT2D eigenvalue weighted by Gasteiger charge is 2.36. The number of nitrogens with zero attached hydrogens (tertiary/aromatic N) is 2. The van der Waals surface area contributed by atoms with Crippen molar-refractivity contribution in [2.75, 3.05) is 20.0 Å². The molecule has 6 nitrogen and oxygen atoms in total. The molecule has 2 aromatic carbocycles. The highest BCUT2D eigenvalue weighted by atomic mass is 32.2. The van der Waals surface area contributed by atoms with Crippen molar-refractivity contribution in [1.82, 2.24) is 9.88 Å². The van der Waals surface area contributed by atoms with E-state index in [9.17, 15) is 4.79 Å². The normalized spacial score (nSPS) is 15.8. The molecule has 0 bridgehead atoms. The van der Waals surface area contributed by atoms with Crippen molar-refractivity contribution in [3.63, 3.8) is 0 Å². The highest BCUT2D eigenvalue weighted by Crippen LogP contribution is 2.47. The van der Waals surface area contributed by atoms with E-state index in [1.807, 2.05) is 66.4 Å². The molecule has 2 heterocycles. The van der Waals surface area contributed by atoms with Crippen molar-refractivity contribution in [3.8, 4) is 23.1 Å². The van der Waals surface area contributed by atoms with Crippen LogP contribution in [0.3, 0.4) is 0 Å². The van der Waals surface area contributed by atoms with E-state index in [4.69, 9.17) is 14.2 Å². The molecule has 0 radical (unpaired) electrons. The molecule has 1 amide bonds. The van der Waals surface area contributed by atoms with E-state index in [0.29, 0.717) is 35.4 Å². The van der Waals surface area contributed by atoms with Gasteiger partial charge < -0.3 is 19.1 Å². The van der Waals surface area contributed by atoms with Crippen molar-refractivity contribution < 1.29 is 19.0 Å². The number of benzene rings is 2. The van der Waals surface area contributed by atoms with Crippen molar-refractivity contribution in [2.45, 2.75) is 18.8 Å². The molecule has 0 saturated carbocycles. The Labute approximate surface area is 186 Å². The van der Waals surface area contributed by atoms with Gasteiger partial charge in [-0.2, -0.15) is 0 Å². The molecule has 1 fully saturated rings. The molecule has 31 heavy (non-hydrogen) atoms. The monoisotopic (exact) mass is 436 g/mol. The number of aryl methyl sites for hydroxylation is 1. The Morgan fingerprint density at radius 3 is 2.35 bits per heavy atom. The summed E-state index contributed by atoms with van der Waals surface area (Å²) in [5.41, 5.74) is 2.98. The van der Waals surface area contributed by atoms with Crippen molar-refractivity contribution in [1.29, 1.82) is 0 Å². The van der Waals surface area contributed by atoms with Gasteiger partial charge in [-0.1, -0.05) is 24.3 Å². The van der Waals surface area contributed by atoms with Crippen LogP contribution in [0.15, 0.2) is 60.8 Å². The van der Waals surface area contributed by atoms with Gasteiger partial charge in [0.15, 0.2) is 0 Å². The van der Waals surface area contributed by atoms with E-state index in [1.165, 1.54) is 0 Å². The fourth-order valence-electron chi connectivity index (χ4n) is 3.48. The minimum absolute atomic E-state index is 0.0899. The van der Waals surface area contributed by atoms with Gasteiger partial charge in [0.05, 0.1) is 25.5 Å². The summed E-state index contributed by atoms with van der Waals surface area (Å²) < 4.78 is 16.9. The number of aromatic nitrogens is 1. The van der Waals surface area contributed by atoms with Gasteiger partial charge in [0.2, 0.25) is 11.8 Å². The molecule has 160 valence electrons. The van der Waals surface area contributed by atoms with Gasteiger partial charge in [0.1, 0.15) is 22.6 Å². The van der Waals surface area contributed by atoms with E-state index < -0.39 is 0 Å². The zero-order valence-electron chi connectivity index (χ0n) is 17.7. The minimum atomic E-state index is -0.175. The fraction of sp³-hybridized carbons (Fsp3) is 0.250. The summed E-state index contributed by atoms with van der Waals surface area (Å²) in [6.07, 6.45) is 1.77. The minimum Gasteiger partial charge on any atom is -0.496 e. The smallest absolute Gasteiger partial charge is 0.234 e. The Kier molecular flexibility index (Phi) is 6.32. The SMILES string of the molecule is COc1cccc(OC)c1C1SCC(=O)N1Cc1ccc(Oc2ccc(C)cn2)cc1. The fourth-order valence-corrected chi connectivity index (χ4v) is 4.72. The van der Waals surface area contributed by atoms with Crippen LogP contribution in [0.1, 0.15) is 22.1 Å².